The van der Waals surface area contributed by atoms with E-state index < -0.39 is 0 Å². The molecule has 104 valence electrons. The summed E-state index contributed by atoms with van der Waals surface area (Å²) >= 11 is 0. The second-order valence-corrected chi connectivity index (χ2v) is 5.01. The summed E-state index contributed by atoms with van der Waals surface area (Å²) in [5.41, 5.74) is 1.78. The molecule has 0 aliphatic carbocycles. The SMILES string of the molecule is Fc1cc(CCN2CCNCC2)c2c(c1)COCO2. The fraction of sp³-hybridized carbons (Fsp3) is 0.571. The van der Waals surface area contributed by atoms with Crippen LogP contribution in [0, 0.1) is 5.82 Å². The molecule has 0 aromatic heterocycles. The predicted octanol–water partition coefficient (Wildman–Crippen LogP) is 1.14. The topological polar surface area (TPSA) is 33.7 Å². The summed E-state index contributed by atoms with van der Waals surface area (Å²) in [6.07, 6.45) is 0.820. The van der Waals surface area contributed by atoms with E-state index in [4.69, 9.17) is 9.47 Å². The fourth-order valence-electron chi connectivity index (χ4n) is 2.66. The molecule has 0 atom stereocenters. The largest absolute Gasteiger partial charge is 0.467 e. The Hall–Kier alpha value is -1.17. The average Bonchev–Trinajstić information content (AvgIpc) is 2.45. The summed E-state index contributed by atoms with van der Waals surface area (Å²) in [5.74, 6) is 0.617. The molecule has 0 amide bonds. The van der Waals surface area contributed by atoms with E-state index in [9.17, 15) is 4.39 Å². The summed E-state index contributed by atoms with van der Waals surface area (Å²) in [6, 6.07) is 3.09. The Morgan fingerprint density at radius 2 is 2.11 bits per heavy atom. The van der Waals surface area contributed by atoms with Gasteiger partial charge in [0, 0.05) is 38.3 Å². The number of nitrogens with zero attached hydrogens (tertiary/aromatic N) is 1. The van der Waals surface area contributed by atoms with E-state index in [1.54, 1.807) is 6.07 Å². The molecule has 0 spiro atoms. The molecule has 2 aliphatic rings. The molecule has 0 unspecified atom stereocenters. The lowest BCUT2D eigenvalue weighted by atomic mass is 10.0. The Bertz CT molecular complexity index is 447. The second kappa shape index (κ2) is 5.86. The number of piperazine rings is 1. The zero-order valence-corrected chi connectivity index (χ0v) is 11.0. The number of benzene rings is 1. The molecule has 3 rings (SSSR count). The molecule has 0 saturated carbocycles. The maximum absolute atomic E-state index is 13.6. The standard InChI is InChI=1S/C14H19FN2O2/c15-13-7-11(1-4-17-5-2-16-3-6-17)14-12(8-13)9-18-10-19-14/h7-8,16H,1-6,9-10H2. The van der Waals surface area contributed by atoms with E-state index in [1.807, 2.05) is 0 Å². The van der Waals surface area contributed by atoms with Gasteiger partial charge in [0.2, 0.25) is 0 Å². The van der Waals surface area contributed by atoms with Gasteiger partial charge < -0.3 is 19.7 Å². The van der Waals surface area contributed by atoms with Crippen LogP contribution in [-0.2, 0) is 17.8 Å². The number of hydrogen-bond donors (Lipinski definition) is 1. The normalized spacial score (nSPS) is 19.8. The maximum Gasteiger partial charge on any atom is 0.189 e. The molecule has 19 heavy (non-hydrogen) atoms. The molecule has 1 N–H and O–H groups in total. The number of hydrogen-bond acceptors (Lipinski definition) is 4. The van der Waals surface area contributed by atoms with Gasteiger partial charge in [0.25, 0.3) is 0 Å². The van der Waals surface area contributed by atoms with Crippen molar-refractivity contribution in [3.05, 3.63) is 29.1 Å². The summed E-state index contributed by atoms with van der Waals surface area (Å²) in [5, 5.41) is 3.33. The molecule has 4 nitrogen and oxygen atoms in total. The van der Waals surface area contributed by atoms with Crippen molar-refractivity contribution in [1.82, 2.24) is 10.2 Å². The molecular weight excluding hydrogens is 247 g/mol. The van der Waals surface area contributed by atoms with Gasteiger partial charge in [-0.3, -0.25) is 0 Å². The van der Waals surface area contributed by atoms with Gasteiger partial charge in [-0.1, -0.05) is 0 Å². The van der Waals surface area contributed by atoms with Gasteiger partial charge >= 0.3 is 0 Å². The van der Waals surface area contributed by atoms with Crippen LogP contribution in [0.5, 0.6) is 5.75 Å². The highest BCUT2D eigenvalue weighted by Crippen LogP contribution is 2.29. The van der Waals surface area contributed by atoms with E-state index in [-0.39, 0.29) is 12.6 Å². The Labute approximate surface area is 112 Å². The lowest BCUT2D eigenvalue weighted by Gasteiger charge is -2.28. The van der Waals surface area contributed by atoms with Crippen LogP contribution in [0.15, 0.2) is 12.1 Å². The third-order valence-electron chi connectivity index (χ3n) is 3.66. The number of nitrogens with one attached hydrogen (secondary N) is 1. The average molecular weight is 266 g/mol. The summed E-state index contributed by atoms with van der Waals surface area (Å²) in [6.45, 7) is 5.83. The molecular formula is C14H19FN2O2. The van der Waals surface area contributed by atoms with Crippen LogP contribution in [0.25, 0.3) is 0 Å². The molecule has 0 bridgehead atoms. The Morgan fingerprint density at radius 3 is 2.95 bits per heavy atom. The smallest absolute Gasteiger partial charge is 0.189 e. The van der Waals surface area contributed by atoms with Crippen molar-refractivity contribution in [3.8, 4) is 5.75 Å². The van der Waals surface area contributed by atoms with E-state index in [2.05, 4.69) is 10.2 Å². The van der Waals surface area contributed by atoms with Crippen molar-refractivity contribution in [3.63, 3.8) is 0 Å². The molecule has 1 aromatic rings. The van der Waals surface area contributed by atoms with Gasteiger partial charge in [0.15, 0.2) is 6.79 Å². The molecule has 2 aliphatic heterocycles. The van der Waals surface area contributed by atoms with Crippen LogP contribution in [0.1, 0.15) is 11.1 Å². The van der Waals surface area contributed by atoms with Gasteiger partial charge in [0.05, 0.1) is 6.61 Å². The summed E-state index contributed by atoms with van der Waals surface area (Å²) < 4.78 is 24.3. The number of rotatable bonds is 3. The van der Waals surface area contributed by atoms with Crippen LogP contribution < -0.4 is 10.1 Å². The highest BCUT2D eigenvalue weighted by Gasteiger charge is 2.18. The van der Waals surface area contributed by atoms with Gasteiger partial charge in [-0.05, 0) is 24.1 Å². The number of ether oxygens (including phenoxy) is 2. The predicted molar refractivity (Wildman–Crippen MR) is 69.7 cm³/mol. The lowest BCUT2D eigenvalue weighted by molar-refractivity contribution is -0.0173. The van der Waals surface area contributed by atoms with Crippen LogP contribution >= 0.6 is 0 Å². The second-order valence-electron chi connectivity index (χ2n) is 5.01. The minimum atomic E-state index is -0.205. The van der Waals surface area contributed by atoms with Crippen molar-refractivity contribution in [1.29, 1.82) is 0 Å². The van der Waals surface area contributed by atoms with Gasteiger partial charge in [-0.25, -0.2) is 4.39 Å². The molecule has 1 saturated heterocycles. The Balaban J connectivity index is 1.70. The lowest BCUT2D eigenvalue weighted by Crippen LogP contribution is -2.44. The van der Waals surface area contributed by atoms with Crippen molar-refractivity contribution in [2.45, 2.75) is 13.0 Å². The molecule has 5 heteroatoms. The molecule has 1 fully saturated rings. The maximum atomic E-state index is 13.6. The Kier molecular flexibility index (Phi) is 3.96. The van der Waals surface area contributed by atoms with E-state index in [1.165, 1.54) is 6.07 Å². The van der Waals surface area contributed by atoms with Gasteiger partial charge in [-0.2, -0.15) is 0 Å². The zero-order valence-electron chi connectivity index (χ0n) is 11.0. The Morgan fingerprint density at radius 1 is 1.26 bits per heavy atom. The number of halogens is 1. The van der Waals surface area contributed by atoms with Crippen molar-refractivity contribution >= 4 is 0 Å². The van der Waals surface area contributed by atoms with E-state index in [0.717, 1.165) is 56.0 Å². The first-order valence-electron chi connectivity index (χ1n) is 6.78. The van der Waals surface area contributed by atoms with Gasteiger partial charge in [0.1, 0.15) is 11.6 Å². The van der Waals surface area contributed by atoms with Gasteiger partial charge in [-0.15, -0.1) is 0 Å². The summed E-state index contributed by atoms with van der Waals surface area (Å²) in [4.78, 5) is 2.40. The minimum absolute atomic E-state index is 0.205. The van der Waals surface area contributed by atoms with Crippen LogP contribution in [-0.4, -0.2) is 44.4 Å². The highest BCUT2D eigenvalue weighted by atomic mass is 19.1. The van der Waals surface area contributed by atoms with Crippen molar-refractivity contribution in [2.24, 2.45) is 0 Å². The molecule has 0 radical (unpaired) electrons. The first kappa shape index (κ1) is 12.8. The monoisotopic (exact) mass is 266 g/mol. The van der Waals surface area contributed by atoms with E-state index in [0.29, 0.717) is 6.61 Å². The third kappa shape index (κ3) is 3.05. The quantitative estimate of drug-likeness (QED) is 0.889. The molecule has 2 heterocycles. The fourth-order valence-corrected chi connectivity index (χ4v) is 2.66. The first-order chi connectivity index (χ1) is 9.33. The summed E-state index contributed by atoms with van der Waals surface area (Å²) in [7, 11) is 0. The molecule has 1 aromatic carbocycles. The highest BCUT2D eigenvalue weighted by molar-refractivity contribution is 5.42. The van der Waals surface area contributed by atoms with Crippen LogP contribution in [0.4, 0.5) is 4.39 Å². The minimum Gasteiger partial charge on any atom is -0.467 e. The number of fused-ring (bicyclic) bond motifs is 1. The third-order valence-corrected chi connectivity index (χ3v) is 3.66. The van der Waals surface area contributed by atoms with Crippen LogP contribution in [0.3, 0.4) is 0 Å². The van der Waals surface area contributed by atoms with Crippen LogP contribution in [0.2, 0.25) is 0 Å². The zero-order chi connectivity index (χ0) is 13.1. The first-order valence-corrected chi connectivity index (χ1v) is 6.78. The van der Waals surface area contributed by atoms with Crippen molar-refractivity contribution in [2.75, 3.05) is 39.5 Å². The van der Waals surface area contributed by atoms with Crippen molar-refractivity contribution < 1.29 is 13.9 Å². The van der Waals surface area contributed by atoms with E-state index >= 15 is 0 Å².